The normalized spacial score (nSPS) is 12.1. The molecule has 1 aromatic rings. The van der Waals surface area contributed by atoms with E-state index in [1.54, 1.807) is 13.8 Å². The smallest absolute Gasteiger partial charge is 0.326 e. The van der Waals surface area contributed by atoms with Crippen LogP contribution in [0.15, 0.2) is 4.52 Å². The summed E-state index contributed by atoms with van der Waals surface area (Å²) in [6.07, 6.45) is 0.548. The fraction of sp³-hybridized carbons (Fsp3) is 0.444. The molecule has 0 aromatic carbocycles. The number of hydrogen-bond acceptors (Lipinski definition) is 4. The fourth-order valence-electron chi connectivity index (χ4n) is 1.30. The Kier molecular flexibility index (Phi) is 3.43. The number of carboxylic acids is 1. The molecular weight excluding hydrogens is 200 g/mol. The van der Waals surface area contributed by atoms with Gasteiger partial charge in [0.2, 0.25) is 6.41 Å². The number of amides is 1. The number of aromatic nitrogens is 1. The minimum Gasteiger partial charge on any atom is -0.480 e. The van der Waals surface area contributed by atoms with Gasteiger partial charge in [0, 0.05) is 12.0 Å². The van der Waals surface area contributed by atoms with Crippen LogP contribution in [-0.2, 0) is 16.0 Å². The third kappa shape index (κ3) is 2.55. The second kappa shape index (κ2) is 4.59. The van der Waals surface area contributed by atoms with E-state index in [1.807, 2.05) is 0 Å². The Hall–Kier alpha value is -1.85. The molecule has 1 unspecified atom stereocenters. The van der Waals surface area contributed by atoms with Crippen LogP contribution in [0.1, 0.15) is 17.0 Å². The average Bonchev–Trinajstić information content (AvgIpc) is 2.48. The Morgan fingerprint density at radius 3 is 2.73 bits per heavy atom. The molecular formula is C9H12N2O4. The maximum atomic E-state index is 10.8. The van der Waals surface area contributed by atoms with Gasteiger partial charge in [-0.3, -0.25) is 4.79 Å². The van der Waals surface area contributed by atoms with Gasteiger partial charge in [0.05, 0.1) is 5.69 Å². The predicted molar refractivity (Wildman–Crippen MR) is 50.3 cm³/mol. The number of aryl methyl sites for hydroxylation is 2. The Balaban J connectivity index is 2.82. The van der Waals surface area contributed by atoms with Crippen LogP contribution in [0.2, 0.25) is 0 Å². The second-order valence-corrected chi connectivity index (χ2v) is 3.18. The highest BCUT2D eigenvalue weighted by Crippen LogP contribution is 2.14. The number of carboxylic acid groups (broad SMARTS) is 1. The summed E-state index contributed by atoms with van der Waals surface area (Å²) in [7, 11) is 0. The van der Waals surface area contributed by atoms with Crippen LogP contribution >= 0.6 is 0 Å². The van der Waals surface area contributed by atoms with E-state index in [-0.39, 0.29) is 6.42 Å². The SMILES string of the molecule is Cc1noc(C)c1CC(NC=O)C(=O)O. The van der Waals surface area contributed by atoms with Crippen molar-refractivity contribution in [2.24, 2.45) is 0 Å². The summed E-state index contributed by atoms with van der Waals surface area (Å²) in [6, 6.07) is -0.945. The first kappa shape index (κ1) is 11.2. The van der Waals surface area contributed by atoms with E-state index in [2.05, 4.69) is 10.5 Å². The van der Waals surface area contributed by atoms with Crippen molar-refractivity contribution in [3.8, 4) is 0 Å². The minimum atomic E-state index is -1.08. The van der Waals surface area contributed by atoms with Crippen LogP contribution in [0, 0.1) is 13.8 Å². The summed E-state index contributed by atoms with van der Waals surface area (Å²) in [4.78, 5) is 21.0. The van der Waals surface area contributed by atoms with Gasteiger partial charge in [-0.05, 0) is 13.8 Å². The molecule has 1 amide bonds. The molecule has 0 saturated carbocycles. The van der Waals surface area contributed by atoms with Gasteiger partial charge in [-0.15, -0.1) is 0 Å². The highest BCUT2D eigenvalue weighted by molar-refractivity contribution is 5.76. The molecule has 6 heteroatoms. The number of nitrogens with zero attached hydrogens (tertiary/aromatic N) is 1. The van der Waals surface area contributed by atoms with E-state index in [0.717, 1.165) is 5.56 Å². The Morgan fingerprint density at radius 1 is 1.67 bits per heavy atom. The number of carbonyl (C=O) groups excluding carboxylic acids is 1. The summed E-state index contributed by atoms with van der Waals surface area (Å²) in [5, 5.41) is 14.7. The summed E-state index contributed by atoms with van der Waals surface area (Å²) in [5.41, 5.74) is 1.36. The molecule has 15 heavy (non-hydrogen) atoms. The minimum absolute atomic E-state index is 0.176. The number of carbonyl (C=O) groups is 2. The third-order valence-electron chi connectivity index (χ3n) is 2.16. The van der Waals surface area contributed by atoms with Gasteiger partial charge < -0.3 is 14.9 Å². The molecule has 0 fully saturated rings. The summed E-state index contributed by atoms with van der Waals surface area (Å²) >= 11 is 0. The largest absolute Gasteiger partial charge is 0.480 e. The van der Waals surface area contributed by atoms with Crippen LogP contribution in [0.25, 0.3) is 0 Å². The monoisotopic (exact) mass is 212 g/mol. The Morgan fingerprint density at radius 2 is 2.33 bits per heavy atom. The molecule has 1 heterocycles. The van der Waals surface area contributed by atoms with Crippen LogP contribution in [0.5, 0.6) is 0 Å². The van der Waals surface area contributed by atoms with E-state index in [1.165, 1.54) is 0 Å². The molecule has 1 rings (SSSR count). The molecule has 0 aliphatic rings. The lowest BCUT2D eigenvalue weighted by Crippen LogP contribution is -2.37. The quantitative estimate of drug-likeness (QED) is 0.672. The summed E-state index contributed by atoms with van der Waals surface area (Å²) in [6.45, 7) is 3.43. The standard InChI is InChI=1S/C9H12N2O4/c1-5-7(6(2)15-11-5)3-8(9(13)14)10-4-12/h4,8H,3H2,1-2H3,(H,10,12)(H,13,14). The number of rotatable bonds is 5. The first-order valence-electron chi connectivity index (χ1n) is 4.40. The number of hydrogen-bond donors (Lipinski definition) is 2. The third-order valence-corrected chi connectivity index (χ3v) is 2.16. The second-order valence-electron chi connectivity index (χ2n) is 3.18. The average molecular weight is 212 g/mol. The molecule has 2 N–H and O–H groups in total. The van der Waals surface area contributed by atoms with Crippen molar-refractivity contribution in [1.82, 2.24) is 10.5 Å². The molecule has 6 nitrogen and oxygen atoms in total. The zero-order valence-corrected chi connectivity index (χ0v) is 8.48. The lowest BCUT2D eigenvalue weighted by atomic mass is 10.0. The molecule has 0 spiro atoms. The lowest BCUT2D eigenvalue weighted by molar-refractivity contribution is -0.140. The Bertz CT molecular complexity index is 353. The highest BCUT2D eigenvalue weighted by atomic mass is 16.5. The van der Waals surface area contributed by atoms with Gasteiger partial charge in [0.1, 0.15) is 11.8 Å². The first-order valence-corrected chi connectivity index (χ1v) is 4.40. The molecule has 0 radical (unpaired) electrons. The van der Waals surface area contributed by atoms with E-state index in [0.29, 0.717) is 17.9 Å². The fourth-order valence-corrected chi connectivity index (χ4v) is 1.30. The van der Waals surface area contributed by atoms with Gasteiger partial charge in [0.15, 0.2) is 0 Å². The predicted octanol–water partition coefficient (Wildman–Crippen LogP) is 0.0331. The topological polar surface area (TPSA) is 92.4 Å². The molecule has 1 aromatic heterocycles. The molecule has 0 saturated heterocycles. The highest BCUT2D eigenvalue weighted by Gasteiger charge is 2.21. The molecule has 0 aliphatic heterocycles. The van der Waals surface area contributed by atoms with E-state index >= 15 is 0 Å². The van der Waals surface area contributed by atoms with Crippen molar-refractivity contribution in [1.29, 1.82) is 0 Å². The van der Waals surface area contributed by atoms with Crippen LogP contribution in [0.3, 0.4) is 0 Å². The first-order chi connectivity index (χ1) is 7.06. The van der Waals surface area contributed by atoms with Crippen LogP contribution in [-0.4, -0.2) is 28.7 Å². The van der Waals surface area contributed by atoms with Gasteiger partial charge in [-0.25, -0.2) is 4.79 Å². The van der Waals surface area contributed by atoms with Crippen LogP contribution < -0.4 is 5.32 Å². The van der Waals surface area contributed by atoms with Gasteiger partial charge in [0.25, 0.3) is 0 Å². The van der Waals surface area contributed by atoms with E-state index in [9.17, 15) is 9.59 Å². The van der Waals surface area contributed by atoms with Crippen molar-refractivity contribution in [3.63, 3.8) is 0 Å². The van der Waals surface area contributed by atoms with Gasteiger partial charge in [-0.2, -0.15) is 0 Å². The summed E-state index contributed by atoms with van der Waals surface area (Å²) < 4.78 is 4.90. The van der Waals surface area contributed by atoms with Crippen molar-refractivity contribution in [2.75, 3.05) is 0 Å². The molecule has 82 valence electrons. The molecule has 0 aliphatic carbocycles. The number of nitrogens with one attached hydrogen (secondary N) is 1. The van der Waals surface area contributed by atoms with Crippen molar-refractivity contribution < 1.29 is 19.2 Å². The Labute approximate surface area is 86.3 Å². The van der Waals surface area contributed by atoms with Gasteiger partial charge in [-0.1, -0.05) is 5.16 Å². The van der Waals surface area contributed by atoms with Crippen molar-refractivity contribution in [3.05, 3.63) is 17.0 Å². The summed E-state index contributed by atoms with van der Waals surface area (Å²) in [5.74, 6) is -0.506. The van der Waals surface area contributed by atoms with E-state index in [4.69, 9.17) is 9.63 Å². The van der Waals surface area contributed by atoms with Gasteiger partial charge >= 0.3 is 5.97 Å². The molecule has 0 bridgehead atoms. The van der Waals surface area contributed by atoms with Crippen molar-refractivity contribution in [2.45, 2.75) is 26.3 Å². The lowest BCUT2D eigenvalue weighted by Gasteiger charge is -2.10. The van der Waals surface area contributed by atoms with E-state index < -0.39 is 12.0 Å². The zero-order chi connectivity index (χ0) is 11.4. The van der Waals surface area contributed by atoms with Crippen LogP contribution in [0.4, 0.5) is 0 Å². The maximum absolute atomic E-state index is 10.8. The number of aliphatic carboxylic acids is 1. The van der Waals surface area contributed by atoms with Crippen molar-refractivity contribution >= 4 is 12.4 Å². The maximum Gasteiger partial charge on any atom is 0.326 e. The zero-order valence-electron chi connectivity index (χ0n) is 8.48. The molecule has 1 atom stereocenters.